The zero-order valence-electron chi connectivity index (χ0n) is 17.6. The van der Waals surface area contributed by atoms with E-state index in [9.17, 15) is 13.2 Å². The predicted molar refractivity (Wildman–Crippen MR) is 121 cm³/mol. The number of sulfonamides is 1. The van der Waals surface area contributed by atoms with Gasteiger partial charge < -0.3 is 5.73 Å². The summed E-state index contributed by atoms with van der Waals surface area (Å²) < 4.78 is 29.2. The lowest BCUT2D eigenvalue weighted by molar-refractivity contribution is -0.117. The van der Waals surface area contributed by atoms with Gasteiger partial charge in [-0.15, -0.1) is 10.2 Å². The topological polar surface area (TPSA) is 111 Å². The smallest absolute Gasteiger partial charge is 0.243 e. The monoisotopic (exact) mass is 459 g/mol. The second-order valence-corrected chi connectivity index (χ2v) is 10.0. The molecule has 0 aliphatic heterocycles. The number of thioether (sulfide) groups is 1. The number of amides is 1. The first kappa shape index (κ1) is 23.0. The molecule has 0 bridgehead atoms. The lowest BCUT2D eigenvalue weighted by Crippen LogP contribution is -2.30. The fourth-order valence-corrected chi connectivity index (χ4v) is 5.39. The van der Waals surface area contributed by atoms with E-state index >= 15 is 0 Å². The van der Waals surface area contributed by atoms with Crippen LogP contribution < -0.4 is 5.73 Å². The van der Waals surface area contributed by atoms with Crippen LogP contribution in [0.2, 0.25) is 0 Å². The van der Waals surface area contributed by atoms with Gasteiger partial charge in [0.15, 0.2) is 11.0 Å². The molecule has 0 unspecified atom stereocenters. The summed E-state index contributed by atoms with van der Waals surface area (Å²) in [6, 6.07) is 16.1. The summed E-state index contributed by atoms with van der Waals surface area (Å²) in [5.74, 6) is 0.0171. The molecule has 1 aromatic heterocycles. The standard InChI is InChI=1S/C21H25N5O3S2/c1-4-25(5-2)31(28,29)18-13-9-10-16(14-18)20-23-24-21(30-15(3)19(22)27)26(20)17-11-7-6-8-12-17/h6-15H,4-5H2,1-3H3,(H2,22,27)/t15-/m1/s1. The minimum Gasteiger partial charge on any atom is -0.369 e. The van der Waals surface area contributed by atoms with E-state index in [2.05, 4.69) is 10.2 Å². The zero-order valence-corrected chi connectivity index (χ0v) is 19.2. The Morgan fingerprint density at radius 3 is 2.39 bits per heavy atom. The van der Waals surface area contributed by atoms with Crippen LogP contribution in [-0.2, 0) is 14.8 Å². The average Bonchev–Trinajstić information content (AvgIpc) is 3.18. The summed E-state index contributed by atoms with van der Waals surface area (Å²) in [5.41, 5.74) is 6.81. The SMILES string of the molecule is CCN(CC)S(=O)(=O)c1cccc(-c2nnc(S[C@H](C)C(N)=O)n2-c2ccccc2)c1. The van der Waals surface area contributed by atoms with Gasteiger partial charge in [-0.05, 0) is 31.2 Å². The molecule has 1 heterocycles. The van der Waals surface area contributed by atoms with Crippen molar-refractivity contribution < 1.29 is 13.2 Å². The summed E-state index contributed by atoms with van der Waals surface area (Å²) in [5, 5.41) is 8.56. The Morgan fingerprint density at radius 1 is 1.10 bits per heavy atom. The normalized spacial score (nSPS) is 12.8. The van der Waals surface area contributed by atoms with Crippen LogP contribution in [-0.4, -0.2) is 51.7 Å². The van der Waals surface area contributed by atoms with E-state index < -0.39 is 21.2 Å². The molecule has 1 amide bonds. The summed E-state index contributed by atoms with van der Waals surface area (Å²) in [6.45, 7) is 6.08. The highest BCUT2D eigenvalue weighted by Crippen LogP contribution is 2.31. The maximum atomic E-state index is 13.0. The van der Waals surface area contributed by atoms with Crippen LogP contribution in [0.25, 0.3) is 17.1 Å². The number of hydrogen-bond acceptors (Lipinski definition) is 6. The number of benzene rings is 2. The van der Waals surface area contributed by atoms with Crippen molar-refractivity contribution in [2.75, 3.05) is 13.1 Å². The number of nitrogens with two attached hydrogens (primary N) is 1. The van der Waals surface area contributed by atoms with Crippen LogP contribution in [0.5, 0.6) is 0 Å². The molecule has 2 N–H and O–H groups in total. The molecule has 8 nitrogen and oxygen atoms in total. The molecule has 0 aliphatic rings. The third kappa shape index (κ3) is 4.81. The second kappa shape index (κ2) is 9.63. The maximum absolute atomic E-state index is 13.0. The minimum atomic E-state index is -3.62. The number of rotatable bonds is 9. The van der Waals surface area contributed by atoms with Gasteiger partial charge in [0, 0.05) is 24.3 Å². The lowest BCUT2D eigenvalue weighted by atomic mass is 10.2. The van der Waals surface area contributed by atoms with E-state index in [1.54, 1.807) is 49.6 Å². The molecule has 2 aromatic carbocycles. The van der Waals surface area contributed by atoms with E-state index in [0.29, 0.717) is 29.6 Å². The Morgan fingerprint density at radius 2 is 1.77 bits per heavy atom. The van der Waals surface area contributed by atoms with Crippen LogP contribution in [0.4, 0.5) is 0 Å². The number of para-hydroxylation sites is 1. The molecule has 164 valence electrons. The molecule has 0 spiro atoms. The van der Waals surface area contributed by atoms with Gasteiger partial charge in [-0.3, -0.25) is 9.36 Å². The van der Waals surface area contributed by atoms with Crippen molar-refractivity contribution in [1.82, 2.24) is 19.1 Å². The predicted octanol–water partition coefficient (Wildman–Crippen LogP) is 2.93. The maximum Gasteiger partial charge on any atom is 0.243 e. The molecular weight excluding hydrogens is 434 g/mol. The summed E-state index contributed by atoms with van der Waals surface area (Å²) in [7, 11) is -3.62. The number of hydrogen-bond donors (Lipinski definition) is 1. The van der Waals surface area contributed by atoms with Crippen molar-refractivity contribution in [2.45, 2.75) is 36.1 Å². The largest absolute Gasteiger partial charge is 0.369 e. The van der Waals surface area contributed by atoms with Gasteiger partial charge in [0.25, 0.3) is 0 Å². The van der Waals surface area contributed by atoms with Gasteiger partial charge in [-0.1, -0.05) is 55.9 Å². The summed E-state index contributed by atoms with van der Waals surface area (Å²) in [6.07, 6.45) is 0. The second-order valence-electron chi connectivity index (χ2n) is 6.76. The summed E-state index contributed by atoms with van der Waals surface area (Å²) >= 11 is 1.20. The molecule has 0 saturated carbocycles. The van der Waals surface area contributed by atoms with Crippen molar-refractivity contribution in [3.8, 4) is 17.1 Å². The molecule has 0 fully saturated rings. The van der Waals surface area contributed by atoms with Crippen molar-refractivity contribution >= 4 is 27.7 Å². The summed E-state index contributed by atoms with van der Waals surface area (Å²) in [4.78, 5) is 11.8. The van der Waals surface area contributed by atoms with E-state index in [4.69, 9.17) is 5.73 Å². The van der Waals surface area contributed by atoms with Crippen molar-refractivity contribution in [3.05, 3.63) is 54.6 Å². The highest BCUT2D eigenvalue weighted by Gasteiger charge is 2.24. The number of nitrogens with zero attached hydrogens (tertiary/aromatic N) is 4. The third-order valence-electron chi connectivity index (χ3n) is 4.77. The lowest BCUT2D eigenvalue weighted by Gasteiger charge is -2.19. The Labute approximate surface area is 186 Å². The van der Waals surface area contributed by atoms with E-state index in [1.165, 1.54) is 16.1 Å². The van der Waals surface area contributed by atoms with E-state index in [0.717, 1.165) is 5.69 Å². The van der Waals surface area contributed by atoms with Crippen LogP contribution in [0.3, 0.4) is 0 Å². The zero-order chi connectivity index (χ0) is 22.6. The van der Waals surface area contributed by atoms with Gasteiger partial charge in [0.1, 0.15) is 0 Å². The Bertz CT molecular complexity index is 1160. The number of carbonyl (C=O) groups excluding carboxylic acids is 1. The van der Waals surface area contributed by atoms with Crippen LogP contribution in [0, 0.1) is 0 Å². The molecule has 3 aromatic rings. The Kier molecular flexibility index (Phi) is 7.14. The fraction of sp³-hybridized carbons (Fsp3) is 0.286. The molecular formula is C21H25N5O3S2. The van der Waals surface area contributed by atoms with Crippen molar-refractivity contribution in [2.24, 2.45) is 5.73 Å². The molecule has 0 radical (unpaired) electrons. The van der Waals surface area contributed by atoms with E-state index in [-0.39, 0.29) is 4.90 Å². The average molecular weight is 460 g/mol. The molecule has 0 saturated heterocycles. The molecule has 31 heavy (non-hydrogen) atoms. The van der Waals surface area contributed by atoms with Crippen LogP contribution in [0.15, 0.2) is 64.6 Å². The fourth-order valence-electron chi connectivity index (χ4n) is 3.07. The van der Waals surface area contributed by atoms with Gasteiger partial charge in [-0.25, -0.2) is 8.42 Å². The first-order valence-corrected chi connectivity index (χ1v) is 12.2. The van der Waals surface area contributed by atoms with Crippen LogP contribution in [0.1, 0.15) is 20.8 Å². The van der Waals surface area contributed by atoms with Gasteiger partial charge >= 0.3 is 0 Å². The van der Waals surface area contributed by atoms with Gasteiger partial charge in [0.05, 0.1) is 10.1 Å². The van der Waals surface area contributed by atoms with Gasteiger partial charge in [-0.2, -0.15) is 4.31 Å². The van der Waals surface area contributed by atoms with E-state index in [1.807, 2.05) is 30.3 Å². The third-order valence-corrected chi connectivity index (χ3v) is 7.87. The molecule has 10 heteroatoms. The molecule has 1 atom stereocenters. The minimum absolute atomic E-state index is 0.191. The quantitative estimate of drug-likeness (QED) is 0.493. The van der Waals surface area contributed by atoms with Crippen LogP contribution >= 0.6 is 11.8 Å². The molecule has 0 aliphatic carbocycles. The highest BCUT2D eigenvalue weighted by molar-refractivity contribution is 8.00. The number of carbonyl (C=O) groups is 1. The number of aromatic nitrogens is 3. The Hall–Kier alpha value is -2.69. The van der Waals surface area contributed by atoms with Crippen molar-refractivity contribution in [1.29, 1.82) is 0 Å². The van der Waals surface area contributed by atoms with Crippen molar-refractivity contribution in [3.63, 3.8) is 0 Å². The number of primary amides is 1. The highest BCUT2D eigenvalue weighted by atomic mass is 32.2. The Balaban J connectivity index is 2.14. The molecule has 3 rings (SSSR count). The first-order valence-electron chi connectivity index (χ1n) is 9.87. The first-order chi connectivity index (χ1) is 14.8. The van der Waals surface area contributed by atoms with Gasteiger partial charge in [0.2, 0.25) is 15.9 Å².